The predicted octanol–water partition coefficient (Wildman–Crippen LogP) is 4.80. The first kappa shape index (κ1) is 21.3. The Bertz CT molecular complexity index is 1150. The van der Waals surface area contributed by atoms with E-state index in [4.69, 9.17) is 0 Å². The summed E-state index contributed by atoms with van der Waals surface area (Å²) in [6.07, 6.45) is 2.37. The second kappa shape index (κ2) is 8.67. The first-order chi connectivity index (χ1) is 14.8. The summed E-state index contributed by atoms with van der Waals surface area (Å²) in [5.74, 6) is 1.68. The van der Waals surface area contributed by atoms with Crippen molar-refractivity contribution in [1.82, 2.24) is 10.2 Å². The third-order valence-corrected chi connectivity index (χ3v) is 7.36. The lowest BCUT2D eigenvalue weighted by atomic mass is 9.99. The highest BCUT2D eigenvalue weighted by Gasteiger charge is 2.18. The summed E-state index contributed by atoms with van der Waals surface area (Å²) >= 11 is 0. The minimum atomic E-state index is -3.64. The largest absolute Gasteiger partial charge is 0.355 e. The first-order valence-electron chi connectivity index (χ1n) is 10.6. The van der Waals surface area contributed by atoms with E-state index in [0.717, 1.165) is 47.2 Å². The second-order valence-electron chi connectivity index (χ2n) is 8.38. The van der Waals surface area contributed by atoms with E-state index in [0.29, 0.717) is 5.69 Å². The summed E-state index contributed by atoms with van der Waals surface area (Å²) in [5, 5.41) is 8.79. The van der Waals surface area contributed by atoms with Crippen LogP contribution >= 0.6 is 0 Å². The van der Waals surface area contributed by atoms with E-state index in [1.807, 2.05) is 44.2 Å². The molecule has 3 aromatic rings. The Labute approximate surface area is 184 Å². The Morgan fingerprint density at radius 2 is 1.61 bits per heavy atom. The number of aromatic nitrogens is 2. The number of hydrogen-bond donors (Lipinski definition) is 1. The van der Waals surface area contributed by atoms with Gasteiger partial charge in [0.25, 0.3) is 10.0 Å². The van der Waals surface area contributed by atoms with Crippen LogP contribution in [0.1, 0.15) is 30.9 Å². The zero-order chi connectivity index (χ0) is 22.0. The number of rotatable bonds is 5. The number of anilines is 2. The van der Waals surface area contributed by atoms with E-state index >= 15 is 0 Å². The SMILES string of the molecule is Cc1ccc(S(=O)(=O)Nc2ccc(-c3ccc(N4CCC(C)CC4)nn3)cc2)cc1C. The van der Waals surface area contributed by atoms with Crippen LogP contribution in [0.5, 0.6) is 0 Å². The molecule has 0 atom stereocenters. The number of aryl methyl sites for hydroxylation is 2. The molecule has 0 unspecified atom stereocenters. The molecule has 0 amide bonds. The van der Waals surface area contributed by atoms with Crippen LogP contribution in [-0.2, 0) is 10.0 Å². The molecule has 1 N–H and O–H groups in total. The lowest BCUT2D eigenvalue weighted by Crippen LogP contribution is -2.33. The average Bonchev–Trinajstić information content (AvgIpc) is 2.76. The lowest BCUT2D eigenvalue weighted by Gasteiger charge is -2.30. The standard InChI is InChI=1S/C24H28N4O2S/c1-17-12-14-28(15-13-17)24-11-10-23(25-26-24)20-5-7-21(8-6-20)27-31(29,30)22-9-4-18(2)19(3)16-22/h4-11,16-17,27H,12-15H2,1-3H3. The van der Waals surface area contributed by atoms with Gasteiger partial charge in [0.15, 0.2) is 5.82 Å². The van der Waals surface area contributed by atoms with Gasteiger partial charge in [0.1, 0.15) is 0 Å². The van der Waals surface area contributed by atoms with E-state index in [9.17, 15) is 8.42 Å². The Morgan fingerprint density at radius 1 is 0.903 bits per heavy atom. The molecular formula is C24H28N4O2S. The minimum Gasteiger partial charge on any atom is -0.355 e. The van der Waals surface area contributed by atoms with Gasteiger partial charge in [-0.3, -0.25) is 4.72 Å². The van der Waals surface area contributed by atoms with Crippen molar-refractivity contribution < 1.29 is 8.42 Å². The van der Waals surface area contributed by atoms with E-state index in [-0.39, 0.29) is 4.90 Å². The first-order valence-corrected chi connectivity index (χ1v) is 12.1. The molecule has 31 heavy (non-hydrogen) atoms. The lowest BCUT2D eigenvalue weighted by molar-refractivity contribution is 0.436. The number of benzene rings is 2. The molecule has 0 radical (unpaired) electrons. The smallest absolute Gasteiger partial charge is 0.261 e. The fourth-order valence-corrected chi connectivity index (χ4v) is 4.83. The summed E-state index contributed by atoms with van der Waals surface area (Å²) in [6.45, 7) is 8.19. The molecule has 1 saturated heterocycles. The van der Waals surface area contributed by atoms with Gasteiger partial charge in [-0.15, -0.1) is 10.2 Å². The molecule has 4 rings (SSSR count). The van der Waals surface area contributed by atoms with Gasteiger partial charge in [0, 0.05) is 24.3 Å². The number of sulfonamides is 1. The van der Waals surface area contributed by atoms with Crippen molar-refractivity contribution in [3.05, 3.63) is 65.7 Å². The van der Waals surface area contributed by atoms with Gasteiger partial charge >= 0.3 is 0 Å². The van der Waals surface area contributed by atoms with Crippen molar-refractivity contribution in [2.45, 2.75) is 38.5 Å². The molecule has 1 fully saturated rings. The van der Waals surface area contributed by atoms with Crippen LogP contribution in [0.15, 0.2) is 59.5 Å². The summed E-state index contributed by atoms with van der Waals surface area (Å²) in [5.41, 5.74) is 4.16. The van der Waals surface area contributed by atoms with Crippen molar-refractivity contribution >= 4 is 21.5 Å². The van der Waals surface area contributed by atoms with Crippen LogP contribution in [0, 0.1) is 19.8 Å². The van der Waals surface area contributed by atoms with E-state index in [2.05, 4.69) is 26.7 Å². The maximum atomic E-state index is 12.7. The van der Waals surface area contributed by atoms with Crippen molar-refractivity contribution in [3.8, 4) is 11.3 Å². The van der Waals surface area contributed by atoms with Crippen molar-refractivity contribution in [3.63, 3.8) is 0 Å². The zero-order valence-corrected chi connectivity index (χ0v) is 19.0. The maximum absolute atomic E-state index is 12.7. The van der Waals surface area contributed by atoms with Gasteiger partial charge in [-0.05, 0) is 80.1 Å². The van der Waals surface area contributed by atoms with Crippen molar-refractivity contribution in [1.29, 1.82) is 0 Å². The van der Waals surface area contributed by atoms with Crippen LogP contribution < -0.4 is 9.62 Å². The maximum Gasteiger partial charge on any atom is 0.261 e. The third-order valence-electron chi connectivity index (χ3n) is 5.98. The fourth-order valence-electron chi connectivity index (χ4n) is 3.69. The Hall–Kier alpha value is -2.93. The molecular weight excluding hydrogens is 408 g/mol. The summed E-state index contributed by atoms with van der Waals surface area (Å²) < 4.78 is 28.0. The van der Waals surface area contributed by atoms with Gasteiger partial charge in [-0.2, -0.15) is 0 Å². The number of nitrogens with zero attached hydrogens (tertiary/aromatic N) is 3. The normalized spacial score (nSPS) is 15.1. The molecule has 1 aromatic heterocycles. The summed E-state index contributed by atoms with van der Waals surface area (Å²) in [7, 11) is -3.64. The van der Waals surface area contributed by atoms with Gasteiger partial charge in [-0.1, -0.05) is 25.1 Å². The highest BCUT2D eigenvalue weighted by atomic mass is 32.2. The summed E-state index contributed by atoms with van der Waals surface area (Å²) in [4.78, 5) is 2.54. The van der Waals surface area contributed by atoms with E-state index in [1.165, 1.54) is 12.8 Å². The monoisotopic (exact) mass is 436 g/mol. The molecule has 0 aliphatic carbocycles. The fraction of sp³-hybridized carbons (Fsp3) is 0.333. The van der Waals surface area contributed by atoms with E-state index in [1.54, 1.807) is 24.3 Å². The molecule has 6 nitrogen and oxygen atoms in total. The molecule has 0 saturated carbocycles. The van der Waals surface area contributed by atoms with Crippen molar-refractivity contribution in [2.24, 2.45) is 5.92 Å². The number of nitrogens with one attached hydrogen (secondary N) is 1. The van der Waals surface area contributed by atoms with Crippen LogP contribution in [-0.4, -0.2) is 31.7 Å². The Kier molecular flexibility index (Phi) is 5.96. The van der Waals surface area contributed by atoms with Gasteiger partial charge in [0.2, 0.25) is 0 Å². The molecule has 1 aliphatic heterocycles. The quantitative estimate of drug-likeness (QED) is 0.622. The van der Waals surface area contributed by atoms with E-state index < -0.39 is 10.0 Å². The Balaban J connectivity index is 1.46. The third kappa shape index (κ3) is 4.88. The summed E-state index contributed by atoms with van der Waals surface area (Å²) in [6, 6.07) is 16.3. The minimum absolute atomic E-state index is 0.258. The van der Waals surface area contributed by atoms with Gasteiger partial charge in [-0.25, -0.2) is 8.42 Å². The predicted molar refractivity (Wildman–Crippen MR) is 125 cm³/mol. The highest BCUT2D eigenvalue weighted by Crippen LogP contribution is 2.25. The molecule has 0 spiro atoms. The zero-order valence-electron chi connectivity index (χ0n) is 18.2. The molecule has 2 aromatic carbocycles. The molecule has 0 bridgehead atoms. The van der Waals surface area contributed by atoms with Crippen molar-refractivity contribution in [2.75, 3.05) is 22.7 Å². The topological polar surface area (TPSA) is 75.2 Å². The molecule has 1 aliphatic rings. The average molecular weight is 437 g/mol. The number of piperidine rings is 1. The van der Waals surface area contributed by atoms with Crippen LogP contribution in [0.2, 0.25) is 0 Å². The Morgan fingerprint density at radius 3 is 2.23 bits per heavy atom. The second-order valence-corrected chi connectivity index (χ2v) is 10.1. The molecule has 2 heterocycles. The molecule has 162 valence electrons. The van der Waals surface area contributed by atoms with Crippen LogP contribution in [0.4, 0.5) is 11.5 Å². The van der Waals surface area contributed by atoms with Crippen LogP contribution in [0.3, 0.4) is 0 Å². The van der Waals surface area contributed by atoms with Crippen LogP contribution in [0.25, 0.3) is 11.3 Å². The van der Waals surface area contributed by atoms with Gasteiger partial charge in [0.05, 0.1) is 10.6 Å². The van der Waals surface area contributed by atoms with Gasteiger partial charge < -0.3 is 4.90 Å². The highest BCUT2D eigenvalue weighted by molar-refractivity contribution is 7.92. The molecule has 7 heteroatoms. The number of hydrogen-bond acceptors (Lipinski definition) is 5.